The summed E-state index contributed by atoms with van der Waals surface area (Å²) in [6.45, 7) is 2.52. The lowest BCUT2D eigenvalue weighted by atomic mass is 10.1. The molecule has 4 heteroatoms. The maximum atomic E-state index is 11.2. The number of carbonyl (C=O) groups is 1. The third-order valence-corrected chi connectivity index (χ3v) is 2.40. The first-order valence-corrected chi connectivity index (χ1v) is 5.81. The van der Waals surface area contributed by atoms with Crippen LogP contribution in [0.15, 0.2) is 0 Å². The Morgan fingerprint density at radius 3 is 2.85 bits per heavy atom. The SMILES string of the molecule is CCC(C#N)C(=O)NCCCSC. The zero-order valence-corrected chi connectivity index (χ0v) is 8.99. The molecule has 74 valence electrons. The van der Waals surface area contributed by atoms with Gasteiger partial charge >= 0.3 is 0 Å². The van der Waals surface area contributed by atoms with Crippen LogP contribution in [0.1, 0.15) is 19.8 Å². The van der Waals surface area contributed by atoms with Crippen molar-refractivity contribution in [2.45, 2.75) is 19.8 Å². The molecule has 0 radical (unpaired) electrons. The van der Waals surface area contributed by atoms with Gasteiger partial charge in [-0.05, 0) is 24.9 Å². The Kier molecular flexibility index (Phi) is 7.51. The lowest BCUT2D eigenvalue weighted by Gasteiger charge is -2.06. The van der Waals surface area contributed by atoms with E-state index in [2.05, 4.69) is 5.32 Å². The van der Waals surface area contributed by atoms with Crippen molar-refractivity contribution < 1.29 is 4.79 Å². The Morgan fingerprint density at radius 2 is 2.38 bits per heavy atom. The fraction of sp³-hybridized carbons (Fsp3) is 0.778. The molecular weight excluding hydrogens is 184 g/mol. The third kappa shape index (κ3) is 5.53. The summed E-state index contributed by atoms with van der Waals surface area (Å²) in [7, 11) is 0. The summed E-state index contributed by atoms with van der Waals surface area (Å²) in [5, 5.41) is 11.3. The topological polar surface area (TPSA) is 52.9 Å². The van der Waals surface area contributed by atoms with Crippen molar-refractivity contribution in [1.29, 1.82) is 5.26 Å². The zero-order chi connectivity index (χ0) is 10.1. The van der Waals surface area contributed by atoms with Gasteiger partial charge in [-0.1, -0.05) is 6.92 Å². The second kappa shape index (κ2) is 7.93. The van der Waals surface area contributed by atoms with Gasteiger partial charge in [-0.3, -0.25) is 4.79 Å². The quantitative estimate of drug-likeness (QED) is 0.659. The van der Waals surface area contributed by atoms with Crippen LogP contribution in [-0.4, -0.2) is 24.5 Å². The fourth-order valence-electron chi connectivity index (χ4n) is 0.887. The molecule has 13 heavy (non-hydrogen) atoms. The molecule has 0 aromatic heterocycles. The van der Waals surface area contributed by atoms with Crippen molar-refractivity contribution in [2.75, 3.05) is 18.6 Å². The van der Waals surface area contributed by atoms with Gasteiger partial charge in [-0.15, -0.1) is 0 Å². The summed E-state index contributed by atoms with van der Waals surface area (Å²) in [5.41, 5.74) is 0. The molecule has 0 aliphatic carbocycles. The van der Waals surface area contributed by atoms with E-state index in [4.69, 9.17) is 5.26 Å². The summed E-state index contributed by atoms with van der Waals surface area (Å²) in [4.78, 5) is 11.2. The van der Waals surface area contributed by atoms with E-state index in [1.165, 1.54) is 0 Å². The van der Waals surface area contributed by atoms with Gasteiger partial charge in [-0.2, -0.15) is 17.0 Å². The summed E-state index contributed by atoms with van der Waals surface area (Å²) in [6.07, 6.45) is 3.59. The summed E-state index contributed by atoms with van der Waals surface area (Å²) in [5.74, 6) is 0.435. The van der Waals surface area contributed by atoms with Crippen LogP contribution in [0.25, 0.3) is 0 Å². The normalized spacial score (nSPS) is 11.8. The zero-order valence-electron chi connectivity index (χ0n) is 8.17. The van der Waals surface area contributed by atoms with Gasteiger partial charge in [0.1, 0.15) is 5.92 Å². The van der Waals surface area contributed by atoms with Crippen LogP contribution in [0.5, 0.6) is 0 Å². The Balaban J connectivity index is 3.56. The minimum absolute atomic E-state index is 0.133. The van der Waals surface area contributed by atoms with Gasteiger partial charge in [0.25, 0.3) is 0 Å². The highest BCUT2D eigenvalue weighted by atomic mass is 32.2. The number of nitrogens with zero attached hydrogens (tertiary/aromatic N) is 1. The second-order valence-electron chi connectivity index (χ2n) is 2.73. The standard InChI is InChI=1S/C9H16N2OS/c1-3-8(7-10)9(12)11-5-4-6-13-2/h8H,3-6H2,1-2H3,(H,11,12). The van der Waals surface area contributed by atoms with Crippen LogP contribution in [0.2, 0.25) is 0 Å². The number of hydrogen-bond donors (Lipinski definition) is 1. The van der Waals surface area contributed by atoms with E-state index >= 15 is 0 Å². The minimum Gasteiger partial charge on any atom is -0.355 e. The molecule has 0 bridgehead atoms. The average molecular weight is 200 g/mol. The molecule has 0 saturated carbocycles. The Hall–Kier alpha value is -0.690. The van der Waals surface area contributed by atoms with E-state index in [0.29, 0.717) is 13.0 Å². The number of amides is 1. The summed E-state index contributed by atoms with van der Waals surface area (Å²) < 4.78 is 0. The number of nitrogens with one attached hydrogen (secondary N) is 1. The molecular formula is C9H16N2OS. The van der Waals surface area contributed by atoms with E-state index in [-0.39, 0.29) is 5.91 Å². The van der Waals surface area contributed by atoms with E-state index in [1.807, 2.05) is 19.2 Å². The molecule has 1 atom stereocenters. The van der Waals surface area contributed by atoms with E-state index < -0.39 is 5.92 Å². The Morgan fingerprint density at radius 1 is 1.69 bits per heavy atom. The Labute approximate surface area is 83.9 Å². The lowest BCUT2D eigenvalue weighted by molar-refractivity contribution is -0.123. The first-order chi connectivity index (χ1) is 6.26. The average Bonchev–Trinajstić information content (AvgIpc) is 2.14. The van der Waals surface area contributed by atoms with Crippen molar-refractivity contribution in [3.8, 4) is 6.07 Å². The molecule has 1 N–H and O–H groups in total. The van der Waals surface area contributed by atoms with Crippen molar-refractivity contribution in [3.05, 3.63) is 0 Å². The molecule has 0 saturated heterocycles. The Bertz CT molecular complexity index is 189. The molecule has 3 nitrogen and oxygen atoms in total. The van der Waals surface area contributed by atoms with Gasteiger partial charge in [-0.25, -0.2) is 0 Å². The highest BCUT2D eigenvalue weighted by molar-refractivity contribution is 7.98. The number of hydrogen-bond acceptors (Lipinski definition) is 3. The number of nitriles is 1. The molecule has 1 amide bonds. The molecule has 1 unspecified atom stereocenters. The van der Waals surface area contributed by atoms with E-state index in [1.54, 1.807) is 11.8 Å². The van der Waals surface area contributed by atoms with Crippen LogP contribution >= 0.6 is 11.8 Å². The summed E-state index contributed by atoms with van der Waals surface area (Å²) in [6, 6.07) is 1.98. The number of rotatable bonds is 6. The highest BCUT2D eigenvalue weighted by Gasteiger charge is 2.13. The largest absolute Gasteiger partial charge is 0.355 e. The minimum atomic E-state index is -0.478. The number of carbonyl (C=O) groups excluding carboxylic acids is 1. The molecule has 0 aromatic carbocycles. The molecule has 0 spiro atoms. The van der Waals surface area contributed by atoms with Crippen molar-refractivity contribution >= 4 is 17.7 Å². The van der Waals surface area contributed by atoms with Crippen LogP contribution in [0.4, 0.5) is 0 Å². The lowest BCUT2D eigenvalue weighted by Crippen LogP contribution is -2.30. The van der Waals surface area contributed by atoms with Crippen LogP contribution < -0.4 is 5.32 Å². The van der Waals surface area contributed by atoms with Crippen molar-refractivity contribution in [1.82, 2.24) is 5.32 Å². The van der Waals surface area contributed by atoms with Crippen LogP contribution in [0, 0.1) is 17.2 Å². The van der Waals surface area contributed by atoms with Gasteiger partial charge in [0.2, 0.25) is 5.91 Å². The molecule has 0 heterocycles. The van der Waals surface area contributed by atoms with Gasteiger partial charge in [0, 0.05) is 6.54 Å². The predicted molar refractivity (Wildman–Crippen MR) is 55.4 cm³/mol. The first kappa shape index (κ1) is 12.3. The molecule has 0 fully saturated rings. The van der Waals surface area contributed by atoms with Crippen molar-refractivity contribution in [3.63, 3.8) is 0 Å². The smallest absolute Gasteiger partial charge is 0.237 e. The molecule has 0 aliphatic heterocycles. The number of thioether (sulfide) groups is 1. The maximum absolute atomic E-state index is 11.2. The fourth-order valence-corrected chi connectivity index (χ4v) is 1.32. The van der Waals surface area contributed by atoms with E-state index in [0.717, 1.165) is 12.2 Å². The molecule has 0 aliphatic rings. The van der Waals surface area contributed by atoms with Crippen LogP contribution in [0.3, 0.4) is 0 Å². The van der Waals surface area contributed by atoms with Gasteiger partial charge in [0.05, 0.1) is 6.07 Å². The summed E-state index contributed by atoms with van der Waals surface area (Å²) >= 11 is 1.76. The first-order valence-electron chi connectivity index (χ1n) is 4.42. The highest BCUT2D eigenvalue weighted by Crippen LogP contribution is 2.00. The second-order valence-corrected chi connectivity index (χ2v) is 3.71. The van der Waals surface area contributed by atoms with Crippen LogP contribution in [-0.2, 0) is 4.79 Å². The molecule has 0 rings (SSSR count). The monoisotopic (exact) mass is 200 g/mol. The van der Waals surface area contributed by atoms with Gasteiger partial charge < -0.3 is 5.32 Å². The third-order valence-electron chi connectivity index (χ3n) is 1.71. The maximum Gasteiger partial charge on any atom is 0.237 e. The van der Waals surface area contributed by atoms with Gasteiger partial charge in [0.15, 0.2) is 0 Å². The van der Waals surface area contributed by atoms with E-state index in [9.17, 15) is 4.79 Å². The van der Waals surface area contributed by atoms with Crippen molar-refractivity contribution in [2.24, 2.45) is 5.92 Å². The molecule has 0 aromatic rings. The predicted octanol–water partition coefficient (Wildman–Crippen LogP) is 1.41.